The number of carbonyl (C=O) groups is 2. The number of rotatable bonds is 12. The Morgan fingerprint density at radius 3 is 1.29 bits per heavy atom. The Kier molecular flexibility index (Phi) is 9.22. The molecule has 6 aromatic rings. The lowest BCUT2D eigenvalue weighted by Crippen LogP contribution is -2.10. The van der Waals surface area contributed by atoms with E-state index in [2.05, 4.69) is 20.4 Å². The molecule has 4 aromatic carbocycles. The molecule has 0 saturated carbocycles. The third kappa shape index (κ3) is 7.08. The highest BCUT2D eigenvalue weighted by molar-refractivity contribution is 8.00. The van der Waals surface area contributed by atoms with Gasteiger partial charge in [-0.3, -0.25) is 18.7 Å². The van der Waals surface area contributed by atoms with E-state index in [0.717, 1.165) is 11.4 Å². The highest BCUT2D eigenvalue weighted by atomic mass is 32.2. The van der Waals surface area contributed by atoms with Crippen LogP contribution in [0.15, 0.2) is 120 Å². The molecule has 0 spiro atoms. The van der Waals surface area contributed by atoms with E-state index in [1.165, 1.54) is 72.1 Å². The number of thioether (sulfide) groups is 2. The minimum absolute atomic E-state index is 0.0830. The molecule has 45 heavy (non-hydrogen) atoms. The summed E-state index contributed by atoms with van der Waals surface area (Å²) < 4.78 is 30.4. The first kappa shape index (κ1) is 30.1. The van der Waals surface area contributed by atoms with Gasteiger partial charge >= 0.3 is 0 Å². The van der Waals surface area contributed by atoms with Crippen molar-refractivity contribution >= 4 is 35.1 Å². The predicted molar refractivity (Wildman–Crippen MR) is 168 cm³/mol. The lowest BCUT2D eigenvalue weighted by Gasteiger charge is -2.12. The molecule has 0 aliphatic carbocycles. The molecule has 0 fully saturated rings. The highest BCUT2D eigenvalue weighted by Gasteiger charge is 2.22. The quantitative estimate of drug-likeness (QED) is 0.108. The van der Waals surface area contributed by atoms with Crippen molar-refractivity contribution in [3.05, 3.63) is 144 Å². The van der Waals surface area contributed by atoms with Gasteiger partial charge in [0.25, 0.3) is 0 Å². The average Bonchev–Trinajstić information content (AvgIpc) is 3.67. The van der Waals surface area contributed by atoms with E-state index in [9.17, 15) is 18.4 Å². The number of hydrogen-bond donors (Lipinski definition) is 0. The zero-order valence-corrected chi connectivity index (χ0v) is 25.2. The van der Waals surface area contributed by atoms with Crippen LogP contribution in [0.3, 0.4) is 0 Å². The summed E-state index contributed by atoms with van der Waals surface area (Å²) in [5.74, 6) is 0.172. The van der Waals surface area contributed by atoms with Crippen LogP contribution in [-0.4, -0.2) is 52.6 Å². The Morgan fingerprint density at radius 2 is 0.911 bits per heavy atom. The summed E-state index contributed by atoms with van der Waals surface area (Å²) in [6, 6.07) is 30.0. The second-order valence-electron chi connectivity index (χ2n) is 9.75. The molecule has 12 heteroatoms. The van der Waals surface area contributed by atoms with Crippen molar-refractivity contribution in [2.75, 3.05) is 11.5 Å². The minimum atomic E-state index is -0.406. The molecule has 0 bridgehead atoms. The van der Waals surface area contributed by atoms with Gasteiger partial charge in [-0.15, -0.1) is 20.4 Å². The smallest absolute Gasteiger partial charge is 0.196 e. The molecule has 2 heterocycles. The fourth-order valence-corrected chi connectivity index (χ4v) is 6.26. The molecule has 0 saturated heterocycles. The van der Waals surface area contributed by atoms with Crippen molar-refractivity contribution in [2.45, 2.75) is 16.7 Å². The second kappa shape index (κ2) is 13.8. The van der Waals surface area contributed by atoms with E-state index in [1.54, 1.807) is 0 Å². The number of nitrogens with zero attached hydrogens (tertiary/aromatic N) is 6. The number of halogens is 2. The monoisotopic (exact) mass is 638 g/mol. The van der Waals surface area contributed by atoms with E-state index in [1.807, 2.05) is 69.8 Å². The Morgan fingerprint density at radius 1 is 0.533 bits per heavy atom. The third-order valence-electron chi connectivity index (χ3n) is 6.74. The van der Waals surface area contributed by atoms with Crippen molar-refractivity contribution in [2.24, 2.45) is 0 Å². The van der Waals surface area contributed by atoms with Crippen LogP contribution in [0.25, 0.3) is 11.4 Å². The summed E-state index contributed by atoms with van der Waals surface area (Å²) in [5, 5.41) is 18.8. The Labute approximate surface area is 265 Å². The van der Waals surface area contributed by atoms with Gasteiger partial charge < -0.3 is 0 Å². The summed E-state index contributed by atoms with van der Waals surface area (Å²) in [7, 11) is 0. The van der Waals surface area contributed by atoms with Crippen LogP contribution >= 0.6 is 23.5 Å². The average molecular weight is 639 g/mol. The number of para-hydroxylation sites is 2. The van der Waals surface area contributed by atoms with E-state index < -0.39 is 11.6 Å². The maximum absolute atomic E-state index is 13.3. The summed E-state index contributed by atoms with van der Waals surface area (Å²) in [6.07, 6.45) is 0.239. The van der Waals surface area contributed by atoms with Crippen LogP contribution in [0.5, 0.6) is 0 Å². The van der Waals surface area contributed by atoms with Crippen LogP contribution in [0.1, 0.15) is 32.4 Å². The lowest BCUT2D eigenvalue weighted by molar-refractivity contribution is 0.101. The van der Waals surface area contributed by atoms with Gasteiger partial charge in [-0.1, -0.05) is 59.9 Å². The predicted octanol–water partition coefficient (Wildman–Crippen LogP) is 6.67. The van der Waals surface area contributed by atoms with E-state index >= 15 is 0 Å². The van der Waals surface area contributed by atoms with E-state index in [4.69, 9.17) is 0 Å². The van der Waals surface area contributed by atoms with Crippen molar-refractivity contribution in [1.29, 1.82) is 0 Å². The molecule has 0 amide bonds. The number of hydrogen-bond acceptors (Lipinski definition) is 8. The first-order valence-corrected chi connectivity index (χ1v) is 15.8. The molecule has 2 aromatic heterocycles. The molecular weight excluding hydrogens is 615 g/mol. The zero-order valence-electron chi connectivity index (χ0n) is 23.6. The van der Waals surface area contributed by atoms with E-state index in [-0.39, 0.29) is 29.5 Å². The molecule has 0 aliphatic rings. The van der Waals surface area contributed by atoms with Crippen LogP contribution in [0.2, 0.25) is 0 Å². The van der Waals surface area contributed by atoms with Crippen LogP contribution in [0, 0.1) is 11.6 Å². The normalized spacial score (nSPS) is 11.1. The fraction of sp³-hybridized carbons (Fsp3) is 0.0909. The molecular formula is C33H24F2N6O2S2. The van der Waals surface area contributed by atoms with Crippen molar-refractivity contribution < 1.29 is 18.4 Å². The van der Waals surface area contributed by atoms with Gasteiger partial charge in [-0.2, -0.15) is 0 Å². The Bertz CT molecular complexity index is 1790. The number of aromatic nitrogens is 6. The molecule has 0 unspecified atom stereocenters. The third-order valence-corrected chi connectivity index (χ3v) is 8.60. The standard InChI is InChI=1S/C33H24F2N6O2S2/c34-24-15-11-22(12-16-24)28(42)20-44-32-38-36-30(40(32)26-7-3-1-4-8-26)19-31-37-39-33(41(31)27-9-5-2-6-10-27)45-21-29(43)23-13-17-25(35)18-14-23/h1-18H,19-21H2. The molecule has 0 radical (unpaired) electrons. The van der Waals surface area contributed by atoms with E-state index in [0.29, 0.717) is 33.1 Å². The first-order chi connectivity index (χ1) is 22.0. The van der Waals surface area contributed by atoms with Gasteiger partial charge in [0.15, 0.2) is 21.9 Å². The molecule has 8 nitrogen and oxygen atoms in total. The zero-order chi connectivity index (χ0) is 31.2. The summed E-state index contributed by atoms with van der Waals surface area (Å²) in [6.45, 7) is 0. The molecule has 224 valence electrons. The molecule has 0 aliphatic heterocycles. The number of benzene rings is 4. The topological polar surface area (TPSA) is 95.6 Å². The van der Waals surface area contributed by atoms with Crippen molar-refractivity contribution in [1.82, 2.24) is 29.5 Å². The highest BCUT2D eigenvalue weighted by Crippen LogP contribution is 2.27. The van der Waals surface area contributed by atoms with Crippen molar-refractivity contribution in [3.8, 4) is 11.4 Å². The van der Waals surface area contributed by atoms with Crippen LogP contribution in [0.4, 0.5) is 8.78 Å². The molecule has 6 rings (SSSR count). The first-order valence-electron chi connectivity index (χ1n) is 13.8. The summed E-state index contributed by atoms with van der Waals surface area (Å²) in [5.41, 5.74) is 2.43. The second-order valence-corrected chi connectivity index (χ2v) is 11.6. The lowest BCUT2D eigenvalue weighted by atomic mass is 10.1. The number of Topliss-reactive ketones (excluding diaryl/α,β-unsaturated/α-hetero) is 2. The molecule has 0 N–H and O–H groups in total. The fourth-order valence-electron chi connectivity index (χ4n) is 4.53. The van der Waals surface area contributed by atoms with Gasteiger partial charge in [0.05, 0.1) is 17.9 Å². The maximum atomic E-state index is 13.3. The van der Waals surface area contributed by atoms with Gasteiger partial charge in [0.2, 0.25) is 0 Å². The molecule has 0 atom stereocenters. The number of carbonyl (C=O) groups excluding carboxylic acids is 2. The minimum Gasteiger partial charge on any atom is -0.293 e. The SMILES string of the molecule is O=C(CSc1nnc(Cc2nnc(SCC(=O)c3ccc(F)cc3)n2-c2ccccc2)n1-c1ccccc1)c1ccc(F)cc1. The van der Waals surface area contributed by atoms with Gasteiger partial charge in [0, 0.05) is 22.5 Å². The van der Waals surface area contributed by atoms with Gasteiger partial charge in [-0.05, 0) is 72.8 Å². The van der Waals surface area contributed by atoms with Gasteiger partial charge in [0.1, 0.15) is 23.3 Å². The van der Waals surface area contributed by atoms with Crippen LogP contribution in [-0.2, 0) is 6.42 Å². The largest absolute Gasteiger partial charge is 0.293 e. The number of ketones is 2. The van der Waals surface area contributed by atoms with Crippen LogP contribution < -0.4 is 0 Å². The summed E-state index contributed by atoms with van der Waals surface area (Å²) >= 11 is 2.47. The Hall–Kier alpha value is -4.94. The van der Waals surface area contributed by atoms with Gasteiger partial charge in [-0.25, -0.2) is 8.78 Å². The maximum Gasteiger partial charge on any atom is 0.196 e. The summed E-state index contributed by atoms with van der Waals surface area (Å²) in [4.78, 5) is 25.7. The Balaban J connectivity index is 1.29. The van der Waals surface area contributed by atoms with Crippen molar-refractivity contribution in [3.63, 3.8) is 0 Å².